The zero-order valence-electron chi connectivity index (χ0n) is 15.5. The van der Waals surface area contributed by atoms with E-state index in [2.05, 4.69) is 43.1 Å². The van der Waals surface area contributed by atoms with Crippen molar-refractivity contribution in [2.75, 3.05) is 6.54 Å². The van der Waals surface area contributed by atoms with Gasteiger partial charge in [-0.1, -0.05) is 56.3 Å². The van der Waals surface area contributed by atoms with Gasteiger partial charge < -0.3 is 0 Å². The molecule has 2 aromatic carbocycles. The molecular formula is C23H24N2O. The lowest BCUT2D eigenvalue weighted by molar-refractivity contribution is 0.0871. The van der Waals surface area contributed by atoms with Crippen LogP contribution in [0, 0.1) is 5.41 Å². The SMILES string of the molecule is CCC1(CC)CC(=O)c2cc(C3=NCC(c4ccccc4)=N3)ccc2C1. The number of ketones is 1. The zero-order chi connectivity index (χ0) is 18.1. The molecule has 0 atom stereocenters. The summed E-state index contributed by atoms with van der Waals surface area (Å²) >= 11 is 0. The predicted octanol–water partition coefficient (Wildman–Crippen LogP) is 4.87. The van der Waals surface area contributed by atoms with Crippen LogP contribution in [0.3, 0.4) is 0 Å². The third kappa shape index (κ3) is 2.92. The van der Waals surface area contributed by atoms with Crippen LogP contribution in [0.1, 0.15) is 60.2 Å². The van der Waals surface area contributed by atoms with E-state index in [0.717, 1.165) is 47.5 Å². The van der Waals surface area contributed by atoms with Crippen LogP contribution in [-0.2, 0) is 6.42 Å². The molecule has 26 heavy (non-hydrogen) atoms. The molecule has 1 aliphatic carbocycles. The maximum Gasteiger partial charge on any atom is 0.163 e. The van der Waals surface area contributed by atoms with Crippen LogP contribution < -0.4 is 0 Å². The van der Waals surface area contributed by atoms with Gasteiger partial charge in [-0.15, -0.1) is 0 Å². The van der Waals surface area contributed by atoms with Crippen LogP contribution in [0.25, 0.3) is 0 Å². The molecule has 132 valence electrons. The first-order valence-corrected chi connectivity index (χ1v) is 9.48. The van der Waals surface area contributed by atoms with E-state index in [9.17, 15) is 4.79 Å². The lowest BCUT2D eigenvalue weighted by Gasteiger charge is -2.36. The first-order valence-electron chi connectivity index (χ1n) is 9.48. The van der Waals surface area contributed by atoms with Crippen molar-refractivity contribution < 1.29 is 4.79 Å². The van der Waals surface area contributed by atoms with Gasteiger partial charge in [-0.05, 0) is 41.9 Å². The van der Waals surface area contributed by atoms with Crippen molar-refractivity contribution in [2.45, 2.75) is 39.5 Å². The molecule has 1 aliphatic heterocycles. The standard InChI is InChI=1S/C23H24N2O/c1-3-23(4-2)13-18-11-10-17(12-19(18)21(26)14-23)22-24-15-20(25-22)16-8-6-5-7-9-16/h5-12H,3-4,13-15H2,1-2H3. The van der Waals surface area contributed by atoms with Gasteiger partial charge in [-0.2, -0.15) is 0 Å². The van der Waals surface area contributed by atoms with E-state index in [1.54, 1.807) is 0 Å². The summed E-state index contributed by atoms with van der Waals surface area (Å²) < 4.78 is 0. The smallest absolute Gasteiger partial charge is 0.163 e. The fraction of sp³-hybridized carbons (Fsp3) is 0.348. The average molecular weight is 344 g/mol. The second-order valence-corrected chi connectivity index (χ2v) is 7.42. The van der Waals surface area contributed by atoms with Crippen molar-refractivity contribution in [2.24, 2.45) is 15.4 Å². The van der Waals surface area contributed by atoms with Gasteiger partial charge in [0, 0.05) is 17.5 Å². The maximum atomic E-state index is 12.8. The van der Waals surface area contributed by atoms with Gasteiger partial charge in [0.25, 0.3) is 0 Å². The van der Waals surface area contributed by atoms with Crippen LogP contribution in [0.5, 0.6) is 0 Å². The summed E-state index contributed by atoms with van der Waals surface area (Å²) in [5, 5.41) is 0. The van der Waals surface area contributed by atoms with Gasteiger partial charge in [0.1, 0.15) is 0 Å². The number of rotatable bonds is 4. The molecule has 2 aliphatic rings. The van der Waals surface area contributed by atoms with Crippen molar-refractivity contribution in [1.29, 1.82) is 0 Å². The Morgan fingerprint density at radius 2 is 1.73 bits per heavy atom. The minimum Gasteiger partial charge on any atom is -0.294 e. The number of hydrogen-bond acceptors (Lipinski definition) is 3. The van der Waals surface area contributed by atoms with Crippen molar-refractivity contribution >= 4 is 17.3 Å². The number of benzene rings is 2. The number of Topliss-reactive ketones (excluding diaryl/α,β-unsaturated/α-hetero) is 1. The van der Waals surface area contributed by atoms with Gasteiger partial charge in [-0.3, -0.25) is 9.79 Å². The Morgan fingerprint density at radius 3 is 2.46 bits per heavy atom. The van der Waals surface area contributed by atoms with Gasteiger partial charge >= 0.3 is 0 Å². The molecule has 0 N–H and O–H groups in total. The Balaban J connectivity index is 1.64. The van der Waals surface area contributed by atoms with Crippen LogP contribution in [0.4, 0.5) is 0 Å². The quantitative estimate of drug-likeness (QED) is 0.780. The van der Waals surface area contributed by atoms with Crippen molar-refractivity contribution in [3.8, 4) is 0 Å². The normalized spacial score (nSPS) is 18.3. The van der Waals surface area contributed by atoms with Crippen LogP contribution in [0.2, 0.25) is 0 Å². The number of nitrogens with zero attached hydrogens (tertiary/aromatic N) is 2. The molecule has 0 radical (unpaired) electrons. The number of amidine groups is 1. The fourth-order valence-corrected chi connectivity index (χ4v) is 4.07. The summed E-state index contributed by atoms with van der Waals surface area (Å²) in [5.41, 5.74) is 5.22. The second kappa shape index (κ2) is 6.64. The minimum atomic E-state index is 0.134. The van der Waals surface area contributed by atoms with E-state index in [1.165, 1.54) is 5.56 Å². The summed E-state index contributed by atoms with van der Waals surface area (Å²) in [6.45, 7) is 4.99. The van der Waals surface area contributed by atoms with Gasteiger partial charge in [0.05, 0.1) is 12.3 Å². The second-order valence-electron chi connectivity index (χ2n) is 7.42. The molecular weight excluding hydrogens is 320 g/mol. The molecule has 0 aromatic heterocycles. The highest BCUT2D eigenvalue weighted by molar-refractivity contribution is 6.17. The molecule has 0 spiro atoms. The largest absolute Gasteiger partial charge is 0.294 e. The molecule has 2 aromatic rings. The number of hydrogen-bond donors (Lipinski definition) is 0. The van der Waals surface area contributed by atoms with E-state index in [-0.39, 0.29) is 11.2 Å². The van der Waals surface area contributed by atoms with E-state index >= 15 is 0 Å². The highest BCUT2D eigenvalue weighted by atomic mass is 16.1. The molecule has 0 amide bonds. The predicted molar refractivity (Wildman–Crippen MR) is 106 cm³/mol. The molecule has 3 heteroatoms. The molecule has 0 saturated heterocycles. The van der Waals surface area contributed by atoms with Crippen molar-refractivity contribution in [3.05, 3.63) is 70.8 Å². The Hall–Kier alpha value is -2.55. The molecule has 4 rings (SSSR count). The van der Waals surface area contributed by atoms with Crippen molar-refractivity contribution in [1.82, 2.24) is 0 Å². The van der Waals surface area contributed by atoms with Gasteiger partial charge in [-0.25, -0.2) is 4.99 Å². The Morgan fingerprint density at radius 1 is 0.962 bits per heavy atom. The third-order valence-electron chi connectivity index (χ3n) is 6.00. The summed E-state index contributed by atoms with van der Waals surface area (Å²) in [5.74, 6) is 1.00. The molecule has 3 nitrogen and oxygen atoms in total. The van der Waals surface area contributed by atoms with E-state index in [1.807, 2.05) is 24.3 Å². The molecule has 0 bridgehead atoms. The Labute approximate surface area is 154 Å². The molecule has 1 heterocycles. The zero-order valence-corrected chi connectivity index (χ0v) is 15.5. The summed E-state index contributed by atoms with van der Waals surface area (Å²) in [4.78, 5) is 22.1. The average Bonchev–Trinajstić information content (AvgIpc) is 3.18. The molecule has 0 fully saturated rings. The van der Waals surface area contributed by atoms with Crippen LogP contribution in [0.15, 0.2) is 58.5 Å². The third-order valence-corrected chi connectivity index (χ3v) is 6.00. The molecule has 0 saturated carbocycles. The summed E-state index contributed by atoms with van der Waals surface area (Å²) in [7, 11) is 0. The van der Waals surface area contributed by atoms with Gasteiger partial charge in [0.2, 0.25) is 0 Å². The Bertz CT molecular complexity index is 905. The lowest BCUT2D eigenvalue weighted by atomic mass is 9.68. The van der Waals surface area contributed by atoms with Crippen LogP contribution in [-0.4, -0.2) is 23.9 Å². The first-order chi connectivity index (χ1) is 12.6. The minimum absolute atomic E-state index is 0.134. The Kier molecular flexibility index (Phi) is 4.31. The highest BCUT2D eigenvalue weighted by Gasteiger charge is 2.36. The van der Waals surface area contributed by atoms with Gasteiger partial charge in [0.15, 0.2) is 11.6 Å². The van der Waals surface area contributed by atoms with E-state index in [4.69, 9.17) is 4.99 Å². The maximum absolute atomic E-state index is 12.8. The number of carbonyl (C=O) groups excluding carboxylic acids is 1. The van der Waals surface area contributed by atoms with E-state index in [0.29, 0.717) is 13.0 Å². The highest BCUT2D eigenvalue weighted by Crippen LogP contribution is 2.41. The topological polar surface area (TPSA) is 41.8 Å². The summed E-state index contributed by atoms with van der Waals surface area (Å²) in [6, 6.07) is 16.3. The number of fused-ring (bicyclic) bond motifs is 1. The number of aliphatic imine (C=N–C) groups is 2. The van der Waals surface area contributed by atoms with Crippen LogP contribution >= 0.6 is 0 Å². The van der Waals surface area contributed by atoms with E-state index < -0.39 is 0 Å². The monoisotopic (exact) mass is 344 g/mol. The summed E-state index contributed by atoms with van der Waals surface area (Å²) in [6.07, 6.45) is 3.75. The number of carbonyl (C=O) groups is 1. The first kappa shape index (κ1) is 16.9. The fourth-order valence-electron chi connectivity index (χ4n) is 4.07. The molecule has 0 unspecified atom stereocenters. The van der Waals surface area contributed by atoms with Crippen molar-refractivity contribution in [3.63, 3.8) is 0 Å². The lowest BCUT2D eigenvalue weighted by Crippen LogP contribution is -2.31.